The fraction of sp³-hybridized carbons (Fsp3) is 0.471. The molecule has 0 spiro atoms. The molecule has 0 atom stereocenters. The molecule has 2 heterocycles. The van der Waals surface area contributed by atoms with E-state index in [-0.39, 0.29) is 0 Å². The lowest BCUT2D eigenvalue weighted by atomic mass is 10.0. The number of nitrogens with one attached hydrogen (secondary N) is 1. The number of fused-ring (bicyclic) bond motifs is 1. The monoisotopic (exact) mass is 301 g/mol. The average Bonchev–Trinajstić information content (AvgIpc) is 2.94. The second-order valence-electron chi connectivity index (χ2n) is 6.04. The minimum absolute atomic E-state index is 0.596. The number of hydrogen-bond acceptors (Lipinski definition) is 4. The van der Waals surface area contributed by atoms with Crippen LogP contribution < -0.4 is 5.32 Å². The quantitative estimate of drug-likeness (QED) is 0.860. The molecule has 112 valence electrons. The number of piperidine rings is 1. The lowest BCUT2D eigenvalue weighted by Gasteiger charge is -2.32. The van der Waals surface area contributed by atoms with Crippen molar-refractivity contribution in [2.24, 2.45) is 0 Å². The summed E-state index contributed by atoms with van der Waals surface area (Å²) in [4.78, 5) is 6.87. The van der Waals surface area contributed by atoms with Crippen LogP contribution in [0.1, 0.15) is 26.7 Å². The van der Waals surface area contributed by atoms with Crippen LogP contribution in [0.15, 0.2) is 35.4 Å². The summed E-state index contributed by atoms with van der Waals surface area (Å²) in [6.07, 6.45) is 4.76. The van der Waals surface area contributed by atoms with Gasteiger partial charge in [0.1, 0.15) is 0 Å². The average molecular weight is 301 g/mol. The molecule has 1 saturated heterocycles. The summed E-state index contributed by atoms with van der Waals surface area (Å²) >= 11 is 1.71. The third-order valence-electron chi connectivity index (χ3n) is 4.05. The molecule has 0 aliphatic carbocycles. The van der Waals surface area contributed by atoms with E-state index in [1.165, 1.54) is 41.9 Å². The van der Waals surface area contributed by atoms with Crippen LogP contribution in [-0.2, 0) is 0 Å². The van der Waals surface area contributed by atoms with E-state index >= 15 is 0 Å². The van der Waals surface area contributed by atoms with Crippen LogP contribution in [0.4, 0.5) is 5.69 Å². The molecule has 0 unspecified atom stereocenters. The second-order valence-corrected chi connectivity index (χ2v) is 6.92. The molecule has 0 radical (unpaired) electrons. The van der Waals surface area contributed by atoms with Gasteiger partial charge in [0.05, 0.1) is 15.7 Å². The Morgan fingerprint density at radius 3 is 2.95 bits per heavy atom. The van der Waals surface area contributed by atoms with Gasteiger partial charge in [-0.2, -0.15) is 0 Å². The Bertz CT molecular complexity index is 620. The van der Waals surface area contributed by atoms with Gasteiger partial charge in [0.15, 0.2) is 0 Å². The first-order chi connectivity index (χ1) is 10.2. The summed E-state index contributed by atoms with van der Waals surface area (Å²) in [5.74, 6) is 0. The zero-order valence-corrected chi connectivity index (χ0v) is 13.6. The molecule has 1 N–H and O–H groups in total. The molecule has 1 aromatic heterocycles. The van der Waals surface area contributed by atoms with Gasteiger partial charge in [0.25, 0.3) is 0 Å². The molecule has 0 amide bonds. The van der Waals surface area contributed by atoms with Gasteiger partial charge < -0.3 is 5.32 Å². The molecule has 1 aliphatic heterocycles. The number of aromatic nitrogens is 1. The van der Waals surface area contributed by atoms with Gasteiger partial charge in [0, 0.05) is 31.4 Å². The van der Waals surface area contributed by atoms with Crippen LogP contribution in [0, 0.1) is 0 Å². The first-order valence-corrected chi connectivity index (χ1v) is 8.54. The van der Waals surface area contributed by atoms with Crippen molar-refractivity contribution in [3.63, 3.8) is 0 Å². The highest BCUT2D eigenvalue weighted by Gasteiger charge is 2.18. The molecule has 1 fully saturated rings. The van der Waals surface area contributed by atoms with E-state index in [0.717, 1.165) is 12.1 Å². The number of rotatable bonds is 4. The van der Waals surface area contributed by atoms with Gasteiger partial charge in [-0.1, -0.05) is 11.6 Å². The summed E-state index contributed by atoms with van der Waals surface area (Å²) in [6, 6.07) is 7.08. The van der Waals surface area contributed by atoms with Crippen LogP contribution in [0.3, 0.4) is 0 Å². The Kier molecular flexibility index (Phi) is 4.56. The molecule has 4 heteroatoms. The minimum Gasteiger partial charge on any atom is -0.382 e. The van der Waals surface area contributed by atoms with Crippen molar-refractivity contribution in [1.29, 1.82) is 0 Å². The zero-order valence-electron chi connectivity index (χ0n) is 12.8. The van der Waals surface area contributed by atoms with Crippen molar-refractivity contribution in [3.8, 4) is 0 Å². The van der Waals surface area contributed by atoms with E-state index in [4.69, 9.17) is 0 Å². The van der Waals surface area contributed by atoms with Crippen molar-refractivity contribution >= 4 is 27.2 Å². The van der Waals surface area contributed by atoms with E-state index in [0.29, 0.717) is 6.04 Å². The number of allylic oxidation sites excluding steroid dienone is 1. The highest BCUT2D eigenvalue weighted by Crippen LogP contribution is 2.23. The van der Waals surface area contributed by atoms with Crippen molar-refractivity contribution in [2.45, 2.75) is 32.7 Å². The molecule has 1 aromatic carbocycles. The van der Waals surface area contributed by atoms with E-state index in [1.54, 1.807) is 11.3 Å². The third kappa shape index (κ3) is 3.83. The maximum absolute atomic E-state index is 4.33. The highest BCUT2D eigenvalue weighted by molar-refractivity contribution is 7.16. The van der Waals surface area contributed by atoms with E-state index in [2.05, 4.69) is 53.3 Å². The van der Waals surface area contributed by atoms with Crippen LogP contribution in [0.2, 0.25) is 0 Å². The zero-order chi connectivity index (χ0) is 14.7. The number of hydrogen-bond donors (Lipinski definition) is 1. The Morgan fingerprint density at radius 1 is 1.38 bits per heavy atom. The first kappa shape index (κ1) is 14.5. The molecule has 1 aliphatic rings. The maximum atomic E-state index is 4.33. The summed E-state index contributed by atoms with van der Waals surface area (Å²) in [5, 5.41) is 3.69. The normalized spacial score (nSPS) is 17.0. The van der Waals surface area contributed by atoms with Crippen LogP contribution >= 0.6 is 11.3 Å². The molecule has 0 bridgehead atoms. The lowest BCUT2D eigenvalue weighted by molar-refractivity contribution is 0.240. The van der Waals surface area contributed by atoms with Gasteiger partial charge in [-0.15, -0.1) is 11.3 Å². The summed E-state index contributed by atoms with van der Waals surface area (Å²) in [5.41, 5.74) is 5.65. The standard InChI is InChI=1S/C17H23N3S/c1-13(2)5-8-20-9-6-14(7-10-20)19-15-3-4-16-17(11-15)21-12-18-16/h3-5,11-12,14,19H,6-10H2,1-2H3. The molecule has 3 nitrogen and oxygen atoms in total. The third-order valence-corrected chi connectivity index (χ3v) is 4.84. The Hall–Kier alpha value is -1.39. The molecule has 0 saturated carbocycles. The Morgan fingerprint density at radius 2 is 2.19 bits per heavy atom. The van der Waals surface area contributed by atoms with Crippen LogP contribution in [0.5, 0.6) is 0 Å². The topological polar surface area (TPSA) is 28.2 Å². The lowest BCUT2D eigenvalue weighted by Crippen LogP contribution is -2.39. The maximum Gasteiger partial charge on any atom is 0.0813 e. The second kappa shape index (κ2) is 6.58. The van der Waals surface area contributed by atoms with E-state index in [9.17, 15) is 0 Å². The summed E-state index contributed by atoms with van der Waals surface area (Å²) in [6.45, 7) is 7.81. The van der Waals surface area contributed by atoms with Crippen molar-refractivity contribution in [2.75, 3.05) is 25.0 Å². The fourth-order valence-corrected chi connectivity index (χ4v) is 3.47. The highest BCUT2D eigenvalue weighted by atomic mass is 32.1. The first-order valence-electron chi connectivity index (χ1n) is 7.66. The van der Waals surface area contributed by atoms with Gasteiger partial charge >= 0.3 is 0 Å². The predicted octanol–water partition coefficient (Wildman–Crippen LogP) is 4.14. The van der Waals surface area contributed by atoms with E-state index < -0.39 is 0 Å². The van der Waals surface area contributed by atoms with Gasteiger partial charge in [-0.3, -0.25) is 4.90 Å². The van der Waals surface area contributed by atoms with Crippen LogP contribution in [-0.4, -0.2) is 35.6 Å². The number of nitrogens with zero attached hydrogens (tertiary/aromatic N) is 2. The number of thiazole rings is 1. The predicted molar refractivity (Wildman–Crippen MR) is 92.1 cm³/mol. The van der Waals surface area contributed by atoms with Gasteiger partial charge in [-0.25, -0.2) is 4.98 Å². The van der Waals surface area contributed by atoms with Crippen molar-refractivity contribution < 1.29 is 0 Å². The molecule has 2 aromatic rings. The van der Waals surface area contributed by atoms with Crippen molar-refractivity contribution in [3.05, 3.63) is 35.4 Å². The Labute approximate surface area is 130 Å². The van der Waals surface area contributed by atoms with Crippen molar-refractivity contribution in [1.82, 2.24) is 9.88 Å². The smallest absolute Gasteiger partial charge is 0.0813 e. The summed E-state index contributed by atoms with van der Waals surface area (Å²) in [7, 11) is 0. The molecule has 3 rings (SSSR count). The number of likely N-dealkylation sites (tertiary alicyclic amines) is 1. The Balaban J connectivity index is 1.54. The largest absolute Gasteiger partial charge is 0.382 e. The fourth-order valence-electron chi connectivity index (χ4n) is 2.75. The number of anilines is 1. The van der Waals surface area contributed by atoms with Gasteiger partial charge in [0.2, 0.25) is 0 Å². The molecule has 21 heavy (non-hydrogen) atoms. The molecular formula is C17H23N3S. The minimum atomic E-state index is 0.596. The van der Waals surface area contributed by atoms with Gasteiger partial charge in [-0.05, 0) is 44.9 Å². The van der Waals surface area contributed by atoms with E-state index in [1.807, 2.05) is 5.51 Å². The molecular weight excluding hydrogens is 278 g/mol. The van der Waals surface area contributed by atoms with Crippen LogP contribution in [0.25, 0.3) is 10.2 Å². The SMILES string of the molecule is CC(C)=CCN1CCC(Nc2ccc3ncsc3c2)CC1. The number of benzene rings is 1. The summed E-state index contributed by atoms with van der Waals surface area (Å²) < 4.78 is 1.26.